The lowest BCUT2D eigenvalue weighted by Crippen LogP contribution is -2.02. The van der Waals surface area contributed by atoms with Crippen molar-refractivity contribution in [1.82, 2.24) is 0 Å². The fourth-order valence-electron chi connectivity index (χ4n) is 1.10. The Labute approximate surface area is 83.0 Å². The van der Waals surface area contributed by atoms with Crippen LogP contribution in [0.4, 0.5) is 5.69 Å². The second-order valence-corrected chi connectivity index (χ2v) is 2.58. The van der Waals surface area contributed by atoms with Crippen LogP contribution in [0, 0.1) is 0 Å². The molecule has 0 saturated carbocycles. The summed E-state index contributed by atoms with van der Waals surface area (Å²) >= 11 is 0. The molecule has 0 fully saturated rings. The van der Waals surface area contributed by atoms with Gasteiger partial charge >= 0.3 is 5.97 Å². The maximum absolute atomic E-state index is 10.7. The van der Waals surface area contributed by atoms with Gasteiger partial charge in [-0.1, -0.05) is 13.0 Å². The number of hydrogen-bond donors (Lipinski definition) is 2. The summed E-state index contributed by atoms with van der Waals surface area (Å²) in [5.74, 6) is -0.917. The van der Waals surface area contributed by atoms with E-state index < -0.39 is 5.97 Å². The molecule has 1 aromatic rings. The molecule has 0 aromatic heterocycles. The maximum atomic E-state index is 10.7. The van der Waals surface area contributed by atoms with Crippen LogP contribution < -0.4 is 5.73 Å². The quantitative estimate of drug-likeness (QED) is 0.719. The molecular formula is C9H12ClNO2. The van der Waals surface area contributed by atoms with E-state index >= 15 is 0 Å². The average Bonchev–Trinajstić information content (AvgIpc) is 2.04. The predicted octanol–water partition coefficient (Wildman–Crippen LogP) is 1.95. The lowest BCUT2D eigenvalue weighted by molar-refractivity contribution is 0.0696. The molecular weight excluding hydrogens is 190 g/mol. The molecule has 0 aliphatic carbocycles. The minimum absolute atomic E-state index is 0. The number of hydrogen-bond acceptors (Lipinski definition) is 2. The van der Waals surface area contributed by atoms with Gasteiger partial charge in [0.05, 0.1) is 5.56 Å². The van der Waals surface area contributed by atoms with Gasteiger partial charge in [0, 0.05) is 5.69 Å². The molecule has 3 N–H and O–H groups in total. The Hall–Kier alpha value is -1.22. The topological polar surface area (TPSA) is 63.3 Å². The number of anilines is 1. The number of rotatable bonds is 2. The first-order chi connectivity index (χ1) is 5.65. The third-order valence-electron chi connectivity index (χ3n) is 1.75. The molecule has 0 spiro atoms. The number of carboxylic acids is 1. The summed E-state index contributed by atoms with van der Waals surface area (Å²) in [5, 5.41) is 8.77. The Bertz CT molecular complexity index is 312. The summed E-state index contributed by atoms with van der Waals surface area (Å²) in [5.41, 5.74) is 7.07. The normalized spacial score (nSPS) is 9.00. The molecule has 0 radical (unpaired) electrons. The molecule has 0 bridgehead atoms. The van der Waals surface area contributed by atoms with E-state index in [9.17, 15) is 4.79 Å². The molecule has 13 heavy (non-hydrogen) atoms. The van der Waals surface area contributed by atoms with E-state index in [1.807, 2.05) is 6.92 Å². The second kappa shape index (κ2) is 4.72. The van der Waals surface area contributed by atoms with Gasteiger partial charge in [0.15, 0.2) is 0 Å². The molecule has 3 nitrogen and oxygen atoms in total. The van der Waals surface area contributed by atoms with Gasteiger partial charge in [0.1, 0.15) is 0 Å². The van der Waals surface area contributed by atoms with Crippen LogP contribution in [-0.4, -0.2) is 11.1 Å². The number of carbonyl (C=O) groups is 1. The number of nitrogens with two attached hydrogens (primary N) is 1. The Balaban J connectivity index is 0.00000144. The highest BCUT2D eigenvalue weighted by Crippen LogP contribution is 2.13. The number of aromatic carboxylic acids is 1. The molecule has 0 heterocycles. The first-order valence-electron chi connectivity index (χ1n) is 3.77. The van der Waals surface area contributed by atoms with Crippen LogP contribution in [0.1, 0.15) is 22.8 Å². The zero-order valence-electron chi connectivity index (χ0n) is 7.28. The fourth-order valence-corrected chi connectivity index (χ4v) is 1.10. The largest absolute Gasteiger partial charge is 0.478 e. The minimum atomic E-state index is -0.917. The van der Waals surface area contributed by atoms with E-state index in [0.29, 0.717) is 17.7 Å². The molecule has 0 atom stereocenters. The monoisotopic (exact) mass is 201 g/mol. The molecule has 1 rings (SSSR count). The van der Waals surface area contributed by atoms with Crippen molar-refractivity contribution in [1.29, 1.82) is 0 Å². The molecule has 4 heteroatoms. The van der Waals surface area contributed by atoms with Crippen molar-refractivity contribution in [2.24, 2.45) is 0 Å². The summed E-state index contributed by atoms with van der Waals surface area (Å²) in [6.45, 7) is 1.91. The molecule has 0 aliphatic heterocycles. The highest BCUT2D eigenvalue weighted by molar-refractivity contribution is 5.90. The van der Waals surface area contributed by atoms with Crippen LogP contribution in [0.3, 0.4) is 0 Å². The summed E-state index contributed by atoms with van der Waals surface area (Å²) in [4.78, 5) is 10.7. The van der Waals surface area contributed by atoms with E-state index in [-0.39, 0.29) is 12.4 Å². The number of aryl methyl sites for hydroxylation is 1. The Kier molecular flexibility index (Phi) is 4.28. The standard InChI is InChI=1S/C9H11NO2.ClH/c1-2-6-3-4-7(10)5-8(6)9(11)12;/h3-5H,2,10H2,1H3,(H,11,12);1H. The second-order valence-electron chi connectivity index (χ2n) is 2.58. The molecule has 0 aliphatic rings. The molecule has 0 amide bonds. The van der Waals surface area contributed by atoms with Gasteiger partial charge < -0.3 is 10.8 Å². The van der Waals surface area contributed by atoms with Gasteiger partial charge in [0.2, 0.25) is 0 Å². The maximum Gasteiger partial charge on any atom is 0.336 e. The molecule has 0 unspecified atom stereocenters. The van der Waals surface area contributed by atoms with E-state index in [4.69, 9.17) is 10.8 Å². The smallest absolute Gasteiger partial charge is 0.336 e. The first-order valence-corrected chi connectivity index (χ1v) is 3.77. The van der Waals surface area contributed by atoms with Crippen molar-refractivity contribution in [2.75, 3.05) is 5.73 Å². The summed E-state index contributed by atoms with van der Waals surface area (Å²) < 4.78 is 0. The van der Waals surface area contributed by atoms with E-state index in [1.165, 1.54) is 6.07 Å². The summed E-state index contributed by atoms with van der Waals surface area (Å²) in [6, 6.07) is 4.95. The van der Waals surface area contributed by atoms with Gasteiger partial charge in [-0.15, -0.1) is 12.4 Å². The lowest BCUT2D eigenvalue weighted by Gasteiger charge is -2.03. The number of benzene rings is 1. The fraction of sp³-hybridized carbons (Fsp3) is 0.222. The predicted molar refractivity (Wildman–Crippen MR) is 54.4 cm³/mol. The highest BCUT2D eigenvalue weighted by atomic mass is 35.5. The van der Waals surface area contributed by atoms with Crippen LogP contribution in [0.25, 0.3) is 0 Å². The van der Waals surface area contributed by atoms with Crippen LogP contribution in [0.5, 0.6) is 0 Å². The first kappa shape index (κ1) is 11.8. The van der Waals surface area contributed by atoms with Gasteiger partial charge in [0.25, 0.3) is 0 Å². The molecule has 1 aromatic carbocycles. The zero-order chi connectivity index (χ0) is 9.14. The van der Waals surface area contributed by atoms with Gasteiger partial charge in [-0.05, 0) is 24.1 Å². The van der Waals surface area contributed by atoms with Crippen molar-refractivity contribution >= 4 is 24.1 Å². The van der Waals surface area contributed by atoms with E-state index in [1.54, 1.807) is 12.1 Å². The van der Waals surface area contributed by atoms with E-state index in [2.05, 4.69) is 0 Å². The van der Waals surface area contributed by atoms with Gasteiger partial charge in [-0.3, -0.25) is 0 Å². The van der Waals surface area contributed by atoms with E-state index in [0.717, 1.165) is 5.56 Å². The van der Waals surface area contributed by atoms with Crippen molar-refractivity contribution in [2.45, 2.75) is 13.3 Å². The van der Waals surface area contributed by atoms with Crippen LogP contribution in [0.15, 0.2) is 18.2 Å². The van der Waals surface area contributed by atoms with Crippen molar-refractivity contribution < 1.29 is 9.90 Å². The summed E-state index contributed by atoms with van der Waals surface area (Å²) in [7, 11) is 0. The number of halogens is 1. The third kappa shape index (κ3) is 2.63. The molecule has 0 saturated heterocycles. The summed E-state index contributed by atoms with van der Waals surface area (Å²) in [6.07, 6.45) is 0.710. The highest BCUT2D eigenvalue weighted by Gasteiger charge is 2.07. The SMILES string of the molecule is CCc1ccc(N)cc1C(=O)O.Cl. The Morgan fingerprint density at radius 3 is 2.62 bits per heavy atom. The zero-order valence-corrected chi connectivity index (χ0v) is 8.10. The van der Waals surface area contributed by atoms with Crippen molar-refractivity contribution in [3.8, 4) is 0 Å². The Morgan fingerprint density at radius 2 is 2.15 bits per heavy atom. The van der Waals surface area contributed by atoms with Gasteiger partial charge in [-0.25, -0.2) is 4.79 Å². The number of carboxylic acid groups (broad SMARTS) is 1. The van der Waals surface area contributed by atoms with Gasteiger partial charge in [-0.2, -0.15) is 0 Å². The van der Waals surface area contributed by atoms with Crippen molar-refractivity contribution in [3.63, 3.8) is 0 Å². The minimum Gasteiger partial charge on any atom is -0.478 e. The van der Waals surface area contributed by atoms with Crippen LogP contribution >= 0.6 is 12.4 Å². The number of nitrogen functional groups attached to an aromatic ring is 1. The lowest BCUT2D eigenvalue weighted by atomic mass is 10.0. The third-order valence-corrected chi connectivity index (χ3v) is 1.75. The van der Waals surface area contributed by atoms with Crippen LogP contribution in [0.2, 0.25) is 0 Å². The average molecular weight is 202 g/mol. The van der Waals surface area contributed by atoms with Crippen molar-refractivity contribution in [3.05, 3.63) is 29.3 Å². The molecule has 72 valence electrons. The Morgan fingerprint density at radius 1 is 1.54 bits per heavy atom. The van der Waals surface area contributed by atoms with Crippen LogP contribution in [-0.2, 0) is 6.42 Å².